The summed E-state index contributed by atoms with van der Waals surface area (Å²) in [5.41, 5.74) is 0.566. The molecule has 0 saturated carbocycles. The van der Waals surface area contributed by atoms with Crippen LogP contribution in [0.5, 0.6) is 0 Å². The Morgan fingerprint density at radius 2 is 2.23 bits per heavy atom. The van der Waals surface area contributed by atoms with E-state index in [1.165, 1.54) is 6.21 Å². The molecule has 120 valence electrons. The minimum absolute atomic E-state index is 0.0276. The molecule has 0 spiro atoms. The van der Waals surface area contributed by atoms with E-state index in [2.05, 4.69) is 10.5 Å². The maximum Gasteiger partial charge on any atom is 0.261 e. The summed E-state index contributed by atoms with van der Waals surface area (Å²) in [5, 5.41) is 6.97. The molecule has 1 heterocycles. The van der Waals surface area contributed by atoms with E-state index in [0.29, 0.717) is 22.0 Å². The Bertz CT molecular complexity index is 691. The lowest BCUT2D eigenvalue weighted by molar-refractivity contribution is -0.126. The third kappa shape index (κ3) is 4.86. The number of hydrogen-bond acceptors (Lipinski definition) is 5. The average Bonchev–Trinajstić information content (AvgIpc) is 2.78. The zero-order chi connectivity index (χ0) is 16.2. The number of carbonyl (C=O) groups is 1. The Hall–Kier alpha value is -1.31. The molecular formula is C13H14Cl2N2O4S. The van der Waals surface area contributed by atoms with Gasteiger partial charge < -0.3 is 10.2 Å². The lowest BCUT2D eigenvalue weighted by Crippen LogP contribution is -2.37. The number of halogens is 2. The minimum atomic E-state index is -3.02. The van der Waals surface area contributed by atoms with Crippen LogP contribution in [-0.4, -0.2) is 44.7 Å². The van der Waals surface area contributed by atoms with E-state index in [9.17, 15) is 13.2 Å². The molecule has 6 nitrogen and oxygen atoms in total. The molecule has 1 aromatic carbocycles. The highest BCUT2D eigenvalue weighted by molar-refractivity contribution is 7.91. The van der Waals surface area contributed by atoms with Crippen molar-refractivity contribution in [3.05, 3.63) is 33.8 Å². The lowest BCUT2D eigenvalue weighted by atomic mass is 10.2. The second-order valence-corrected chi connectivity index (χ2v) is 7.83. The maximum atomic E-state index is 11.6. The van der Waals surface area contributed by atoms with Gasteiger partial charge in [-0.25, -0.2) is 8.42 Å². The zero-order valence-corrected chi connectivity index (χ0v) is 13.8. The van der Waals surface area contributed by atoms with Crippen molar-refractivity contribution >= 4 is 45.2 Å². The fraction of sp³-hybridized carbons (Fsp3) is 0.385. The number of amides is 1. The van der Waals surface area contributed by atoms with E-state index in [-0.39, 0.29) is 24.2 Å². The zero-order valence-electron chi connectivity index (χ0n) is 11.5. The van der Waals surface area contributed by atoms with E-state index in [4.69, 9.17) is 28.0 Å². The number of carbonyl (C=O) groups excluding carboxylic acids is 1. The summed E-state index contributed by atoms with van der Waals surface area (Å²) < 4.78 is 22.5. The Morgan fingerprint density at radius 1 is 1.45 bits per heavy atom. The first kappa shape index (κ1) is 17.1. The van der Waals surface area contributed by atoms with Gasteiger partial charge in [-0.05, 0) is 12.5 Å². The van der Waals surface area contributed by atoms with E-state index in [0.717, 1.165) is 0 Å². The van der Waals surface area contributed by atoms with Crippen LogP contribution >= 0.6 is 23.2 Å². The summed E-state index contributed by atoms with van der Waals surface area (Å²) >= 11 is 11.8. The summed E-state index contributed by atoms with van der Waals surface area (Å²) in [5.74, 6) is -0.346. The summed E-state index contributed by atoms with van der Waals surface area (Å²) in [7, 11) is -3.02. The van der Waals surface area contributed by atoms with Crippen LogP contribution in [0.2, 0.25) is 10.0 Å². The fourth-order valence-electron chi connectivity index (χ4n) is 1.99. The predicted molar refractivity (Wildman–Crippen MR) is 85.2 cm³/mol. The summed E-state index contributed by atoms with van der Waals surface area (Å²) in [6.45, 7) is -0.300. The number of nitrogens with zero attached hydrogens (tertiary/aromatic N) is 1. The van der Waals surface area contributed by atoms with Gasteiger partial charge in [-0.3, -0.25) is 4.79 Å². The number of sulfone groups is 1. The quantitative estimate of drug-likeness (QED) is 0.635. The molecule has 0 aliphatic carbocycles. The Morgan fingerprint density at radius 3 is 2.91 bits per heavy atom. The van der Waals surface area contributed by atoms with E-state index >= 15 is 0 Å². The molecule has 1 saturated heterocycles. The van der Waals surface area contributed by atoms with Gasteiger partial charge in [-0.2, -0.15) is 0 Å². The van der Waals surface area contributed by atoms with Crippen molar-refractivity contribution in [1.29, 1.82) is 0 Å². The molecule has 0 radical (unpaired) electrons. The number of oxime groups is 1. The monoisotopic (exact) mass is 364 g/mol. The fourth-order valence-corrected chi connectivity index (χ4v) is 4.02. The number of rotatable bonds is 5. The second-order valence-electron chi connectivity index (χ2n) is 4.82. The first-order chi connectivity index (χ1) is 10.4. The normalized spacial score (nSPS) is 20.2. The molecular weight excluding hydrogens is 351 g/mol. The Balaban J connectivity index is 1.77. The van der Waals surface area contributed by atoms with Gasteiger partial charge in [0.1, 0.15) is 0 Å². The van der Waals surface area contributed by atoms with Crippen molar-refractivity contribution in [3.63, 3.8) is 0 Å². The molecule has 1 aliphatic heterocycles. The van der Waals surface area contributed by atoms with Gasteiger partial charge in [-0.1, -0.05) is 40.5 Å². The summed E-state index contributed by atoms with van der Waals surface area (Å²) in [6, 6.07) is 4.70. The highest BCUT2D eigenvalue weighted by atomic mass is 35.5. The van der Waals surface area contributed by atoms with Crippen LogP contribution in [0.1, 0.15) is 12.0 Å². The average molecular weight is 365 g/mol. The first-order valence-electron chi connectivity index (χ1n) is 6.46. The molecule has 9 heteroatoms. The molecule has 0 aromatic heterocycles. The van der Waals surface area contributed by atoms with Crippen LogP contribution in [0.15, 0.2) is 23.4 Å². The van der Waals surface area contributed by atoms with Crippen molar-refractivity contribution in [2.75, 3.05) is 18.1 Å². The summed E-state index contributed by atoms with van der Waals surface area (Å²) in [6.07, 6.45) is 1.77. The van der Waals surface area contributed by atoms with Gasteiger partial charge in [0.05, 0.1) is 27.8 Å². The van der Waals surface area contributed by atoms with Crippen LogP contribution in [0, 0.1) is 0 Å². The van der Waals surface area contributed by atoms with Gasteiger partial charge in [0.25, 0.3) is 5.91 Å². The Labute approximate surface area is 138 Å². The topological polar surface area (TPSA) is 84.8 Å². The van der Waals surface area contributed by atoms with Crippen molar-refractivity contribution in [2.24, 2.45) is 5.16 Å². The summed E-state index contributed by atoms with van der Waals surface area (Å²) in [4.78, 5) is 16.5. The van der Waals surface area contributed by atoms with Gasteiger partial charge in [-0.15, -0.1) is 0 Å². The van der Waals surface area contributed by atoms with Crippen molar-refractivity contribution in [1.82, 2.24) is 5.32 Å². The smallest absolute Gasteiger partial charge is 0.261 e. The van der Waals surface area contributed by atoms with Crippen molar-refractivity contribution in [2.45, 2.75) is 12.5 Å². The molecule has 0 bridgehead atoms. The van der Waals surface area contributed by atoms with Gasteiger partial charge in [0, 0.05) is 11.6 Å². The number of benzene rings is 1. The maximum absolute atomic E-state index is 11.6. The highest BCUT2D eigenvalue weighted by Gasteiger charge is 2.28. The standard InChI is InChI=1S/C13H14Cl2N2O4S/c14-11-3-1-2-9(13(11)15)6-16-21-7-12(18)17-10-4-5-22(19,20)8-10/h1-3,6,10H,4-5,7-8H2,(H,17,18)/b16-6-/t10-/m0/s1. The molecule has 1 aliphatic rings. The van der Waals surface area contributed by atoms with Gasteiger partial charge in [0.15, 0.2) is 16.4 Å². The van der Waals surface area contributed by atoms with E-state index in [1.54, 1.807) is 18.2 Å². The molecule has 0 unspecified atom stereocenters. The molecule has 1 aromatic rings. The highest BCUT2D eigenvalue weighted by Crippen LogP contribution is 2.24. The van der Waals surface area contributed by atoms with Crippen LogP contribution < -0.4 is 5.32 Å². The van der Waals surface area contributed by atoms with Crippen LogP contribution in [-0.2, 0) is 19.5 Å². The van der Waals surface area contributed by atoms with Crippen LogP contribution in [0.4, 0.5) is 0 Å². The van der Waals surface area contributed by atoms with Crippen LogP contribution in [0.25, 0.3) is 0 Å². The molecule has 1 amide bonds. The first-order valence-corrected chi connectivity index (χ1v) is 9.04. The van der Waals surface area contributed by atoms with Gasteiger partial charge in [0.2, 0.25) is 0 Å². The molecule has 1 fully saturated rings. The molecule has 22 heavy (non-hydrogen) atoms. The number of nitrogens with one attached hydrogen (secondary N) is 1. The Kier molecular flexibility index (Phi) is 5.66. The largest absolute Gasteiger partial charge is 0.386 e. The third-order valence-electron chi connectivity index (χ3n) is 3.04. The van der Waals surface area contributed by atoms with E-state index in [1.807, 2.05) is 0 Å². The minimum Gasteiger partial charge on any atom is -0.386 e. The molecule has 1 atom stereocenters. The predicted octanol–water partition coefficient (Wildman–Crippen LogP) is 1.65. The second kappa shape index (κ2) is 7.30. The van der Waals surface area contributed by atoms with Crippen molar-refractivity contribution in [3.8, 4) is 0 Å². The SMILES string of the molecule is O=C(CO/N=C\c1cccc(Cl)c1Cl)N[C@H]1CCS(=O)(=O)C1. The third-order valence-corrected chi connectivity index (χ3v) is 5.64. The van der Waals surface area contributed by atoms with Gasteiger partial charge >= 0.3 is 0 Å². The lowest BCUT2D eigenvalue weighted by Gasteiger charge is -2.09. The van der Waals surface area contributed by atoms with Crippen molar-refractivity contribution < 1.29 is 18.0 Å². The number of hydrogen-bond donors (Lipinski definition) is 1. The van der Waals surface area contributed by atoms with E-state index < -0.39 is 15.7 Å². The molecule has 1 N–H and O–H groups in total. The molecule has 2 rings (SSSR count). The van der Waals surface area contributed by atoms with Crippen LogP contribution in [0.3, 0.4) is 0 Å².